The molecule has 0 aliphatic heterocycles. The average molecular weight is 140 g/mol. The zero-order valence-corrected chi connectivity index (χ0v) is 6.37. The molecular formula is C7H12N2O. The maximum absolute atomic E-state index is 10.2. The summed E-state index contributed by atoms with van der Waals surface area (Å²) in [7, 11) is 0. The molecule has 0 aromatic heterocycles. The minimum atomic E-state index is -0.0647. The molecule has 0 bridgehead atoms. The van der Waals surface area contributed by atoms with E-state index in [4.69, 9.17) is 5.26 Å². The minimum absolute atomic E-state index is 0.0647. The van der Waals surface area contributed by atoms with E-state index in [9.17, 15) is 4.79 Å². The van der Waals surface area contributed by atoms with Crippen molar-refractivity contribution in [1.82, 2.24) is 4.90 Å². The zero-order chi connectivity index (χ0) is 7.98. The van der Waals surface area contributed by atoms with E-state index >= 15 is 0 Å². The standard InChI is InChI=1S/C7H12N2O/c1-3-9(6-10)5-7(2)4-8/h6-7H,3,5H2,1-2H3. The highest BCUT2D eigenvalue weighted by atomic mass is 16.1. The third-order valence-electron chi connectivity index (χ3n) is 1.28. The first kappa shape index (κ1) is 8.96. The molecule has 3 heteroatoms. The highest BCUT2D eigenvalue weighted by Crippen LogP contribution is 1.94. The third kappa shape index (κ3) is 3.08. The number of amides is 1. The van der Waals surface area contributed by atoms with E-state index in [2.05, 4.69) is 6.07 Å². The Labute approximate surface area is 61.2 Å². The number of rotatable bonds is 4. The monoisotopic (exact) mass is 140 g/mol. The molecule has 0 rings (SSSR count). The lowest BCUT2D eigenvalue weighted by Gasteiger charge is -2.14. The van der Waals surface area contributed by atoms with E-state index < -0.39 is 0 Å². The number of hydrogen-bond acceptors (Lipinski definition) is 2. The van der Waals surface area contributed by atoms with Gasteiger partial charge in [0.2, 0.25) is 6.41 Å². The lowest BCUT2D eigenvalue weighted by molar-refractivity contribution is -0.118. The van der Waals surface area contributed by atoms with Crippen LogP contribution in [-0.4, -0.2) is 24.4 Å². The van der Waals surface area contributed by atoms with E-state index in [1.165, 1.54) is 0 Å². The van der Waals surface area contributed by atoms with Gasteiger partial charge in [-0.05, 0) is 13.8 Å². The van der Waals surface area contributed by atoms with Crippen LogP contribution in [0.25, 0.3) is 0 Å². The van der Waals surface area contributed by atoms with Gasteiger partial charge in [-0.15, -0.1) is 0 Å². The highest BCUT2D eigenvalue weighted by Gasteiger charge is 2.03. The fourth-order valence-electron chi connectivity index (χ4n) is 0.639. The van der Waals surface area contributed by atoms with Gasteiger partial charge in [0.05, 0.1) is 12.0 Å². The molecule has 0 aliphatic rings. The molecule has 1 unspecified atom stereocenters. The summed E-state index contributed by atoms with van der Waals surface area (Å²) < 4.78 is 0. The van der Waals surface area contributed by atoms with Gasteiger partial charge < -0.3 is 4.90 Å². The Morgan fingerprint density at radius 3 is 2.70 bits per heavy atom. The van der Waals surface area contributed by atoms with Gasteiger partial charge in [0.1, 0.15) is 0 Å². The number of hydrogen-bond donors (Lipinski definition) is 0. The lowest BCUT2D eigenvalue weighted by atomic mass is 10.2. The van der Waals surface area contributed by atoms with Crippen molar-refractivity contribution in [3.8, 4) is 6.07 Å². The summed E-state index contributed by atoms with van der Waals surface area (Å²) >= 11 is 0. The number of carbonyl (C=O) groups is 1. The van der Waals surface area contributed by atoms with Crippen molar-refractivity contribution in [3.05, 3.63) is 0 Å². The highest BCUT2D eigenvalue weighted by molar-refractivity contribution is 5.46. The smallest absolute Gasteiger partial charge is 0.209 e. The summed E-state index contributed by atoms with van der Waals surface area (Å²) in [5.74, 6) is -0.0647. The Kier molecular flexibility index (Phi) is 4.30. The van der Waals surface area contributed by atoms with Crippen LogP contribution in [0.2, 0.25) is 0 Å². The van der Waals surface area contributed by atoms with Crippen molar-refractivity contribution in [1.29, 1.82) is 5.26 Å². The van der Waals surface area contributed by atoms with E-state index in [1.807, 2.05) is 6.92 Å². The molecule has 0 aromatic carbocycles. The predicted molar refractivity (Wildman–Crippen MR) is 38.1 cm³/mol. The Morgan fingerprint density at radius 1 is 1.80 bits per heavy atom. The van der Waals surface area contributed by atoms with Gasteiger partial charge in [-0.2, -0.15) is 5.26 Å². The van der Waals surface area contributed by atoms with Crippen LogP contribution in [0.3, 0.4) is 0 Å². The first-order chi connectivity index (χ1) is 4.74. The second kappa shape index (κ2) is 4.80. The van der Waals surface area contributed by atoms with E-state index in [0.717, 1.165) is 6.41 Å². The van der Waals surface area contributed by atoms with Gasteiger partial charge in [0, 0.05) is 13.1 Å². The lowest BCUT2D eigenvalue weighted by Crippen LogP contribution is -2.26. The minimum Gasteiger partial charge on any atom is -0.344 e. The predicted octanol–water partition coefficient (Wildman–Crippen LogP) is 0.624. The maximum atomic E-state index is 10.2. The fraction of sp³-hybridized carbons (Fsp3) is 0.714. The molecule has 0 radical (unpaired) electrons. The molecule has 1 amide bonds. The molecule has 0 spiro atoms. The van der Waals surface area contributed by atoms with Crippen molar-refractivity contribution >= 4 is 6.41 Å². The van der Waals surface area contributed by atoms with Gasteiger partial charge in [-0.1, -0.05) is 0 Å². The summed E-state index contributed by atoms with van der Waals surface area (Å²) in [6.07, 6.45) is 0.772. The molecule has 10 heavy (non-hydrogen) atoms. The molecule has 0 saturated carbocycles. The SMILES string of the molecule is CCN(C=O)CC(C)C#N. The molecular weight excluding hydrogens is 128 g/mol. The summed E-state index contributed by atoms with van der Waals surface area (Å²) in [6.45, 7) is 4.90. The average Bonchev–Trinajstić information content (AvgIpc) is 1.99. The Morgan fingerprint density at radius 2 is 2.40 bits per heavy atom. The summed E-state index contributed by atoms with van der Waals surface area (Å²) in [6, 6.07) is 2.06. The summed E-state index contributed by atoms with van der Waals surface area (Å²) in [5, 5.41) is 8.38. The second-order valence-corrected chi connectivity index (χ2v) is 2.22. The van der Waals surface area contributed by atoms with Crippen LogP contribution in [0.15, 0.2) is 0 Å². The molecule has 0 saturated heterocycles. The van der Waals surface area contributed by atoms with Crippen molar-refractivity contribution in [2.24, 2.45) is 5.92 Å². The van der Waals surface area contributed by atoms with Crippen molar-refractivity contribution in [2.45, 2.75) is 13.8 Å². The van der Waals surface area contributed by atoms with Crippen LogP contribution in [0.5, 0.6) is 0 Å². The number of nitrogens with zero attached hydrogens (tertiary/aromatic N) is 2. The van der Waals surface area contributed by atoms with Crippen molar-refractivity contribution < 1.29 is 4.79 Å². The van der Waals surface area contributed by atoms with Gasteiger partial charge in [-0.3, -0.25) is 4.79 Å². The largest absolute Gasteiger partial charge is 0.344 e. The van der Waals surface area contributed by atoms with Crippen LogP contribution in [0, 0.1) is 17.2 Å². The quantitative estimate of drug-likeness (QED) is 0.537. The topological polar surface area (TPSA) is 44.1 Å². The van der Waals surface area contributed by atoms with Gasteiger partial charge in [-0.25, -0.2) is 0 Å². The van der Waals surface area contributed by atoms with Gasteiger partial charge in [0.15, 0.2) is 0 Å². The number of nitriles is 1. The Hall–Kier alpha value is -1.04. The van der Waals surface area contributed by atoms with Gasteiger partial charge in [0.25, 0.3) is 0 Å². The molecule has 0 N–H and O–H groups in total. The Balaban J connectivity index is 3.64. The van der Waals surface area contributed by atoms with Crippen LogP contribution in [-0.2, 0) is 4.79 Å². The second-order valence-electron chi connectivity index (χ2n) is 2.22. The maximum Gasteiger partial charge on any atom is 0.209 e. The molecule has 0 aliphatic carbocycles. The molecule has 3 nitrogen and oxygen atoms in total. The normalized spacial score (nSPS) is 11.7. The molecule has 0 heterocycles. The van der Waals surface area contributed by atoms with E-state index in [-0.39, 0.29) is 5.92 Å². The molecule has 0 aromatic rings. The fourth-order valence-corrected chi connectivity index (χ4v) is 0.639. The van der Waals surface area contributed by atoms with Crippen LogP contribution >= 0.6 is 0 Å². The molecule has 1 atom stereocenters. The van der Waals surface area contributed by atoms with Crippen molar-refractivity contribution in [2.75, 3.05) is 13.1 Å². The zero-order valence-electron chi connectivity index (χ0n) is 6.37. The summed E-state index contributed by atoms with van der Waals surface area (Å²) in [5.41, 5.74) is 0. The molecule has 0 fully saturated rings. The van der Waals surface area contributed by atoms with E-state index in [0.29, 0.717) is 13.1 Å². The van der Waals surface area contributed by atoms with Crippen molar-refractivity contribution in [3.63, 3.8) is 0 Å². The molecule has 56 valence electrons. The summed E-state index contributed by atoms with van der Waals surface area (Å²) in [4.78, 5) is 11.8. The van der Waals surface area contributed by atoms with Crippen LogP contribution in [0.1, 0.15) is 13.8 Å². The van der Waals surface area contributed by atoms with Gasteiger partial charge >= 0.3 is 0 Å². The van der Waals surface area contributed by atoms with Crippen LogP contribution in [0.4, 0.5) is 0 Å². The first-order valence-corrected chi connectivity index (χ1v) is 3.33. The number of carbonyl (C=O) groups excluding carboxylic acids is 1. The Bertz CT molecular complexity index is 139. The van der Waals surface area contributed by atoms with E-state index in [1.54, 1.807) is 11.8 Å². The first-order valence-electron chi connectivity index (χ1n) is 3.33. The van der Waals surface area contributed by atoms with Crippen LogP contribution < -0.4 is 0 Å². The third-order valence-corrected chi connectivity index (χ3v) is 1.28.